The van der Waals surface area contributed by atoms with Crippen LogP contribution >= 0.6 is 7.14 Å². The van der Waals surface area contributed by atoms with Crippen LogP contribution in [0.4, 0.5) is 0 Å². The minimum absolute atomic E-state index is 0.199. The fourth-order valence-electron chi connectivity index (χ4n) is 4.01. The summed E-state index contributed by atoms with van der Waals surface area (Å²) in [5, 5.41) is 1.44. The molecule has 0 aliphatic heterocycles. The van der Waals surface area contributed by atoms with E-state index in [0.29, 0.717) is 17.0 Å². The zero-order valence-electron chi connectivity index (χ0n) is 19.5. The van der Waals surface area contributed by atoms with Crippen molar-refractivity contribution in [3.8, 4) is 0 Å². The number of hydrogen-bond donors (Lipinski definition) is 0. The molecule has 0 saturated heterocycles. The Morgan fingerprint density at radius 3 is 1.57 bits per heavy atom. The molecule has 4 aromatic rings. The van der Waals surface area contributed by atoms with Crippen molar-refractivity contribution < 1.29 is 13.0 Å². The van der Waals surface area contributed by atoms with E-state index in [2.05, 4.69) is 5.73 Å². The van der Waals surface area contributed by atoms with E-state index in [1.165, 1.54) is 0 Å². The lowest BCUT2D eigenvalue weighted by Crippen LogP contribution is -2.21. The van der Waals surface area contributed by atoms with Gasteiger partial charge in [0.25, 0.3) is 0 Å². The molecule has 0 radical (unpaired) electrons. The van der Waals surface area contributed by atoms with Crippen LogP contribution in [0.1, 0.15) is 18.9 Å². The van der Waals surface area contributed by atoms with E-state index in [4.69, 9.17) is 0 Å². The Morgan fingerprint density at radius 2 is 1.11 bits per heavy atom. The van der Waals surface area contributed by atoms with Gasteiger partial charge in [0, 0.05) is 16.2 Å². The predicted octanol–water partition coefficient (Wildman–Crippen LogP) is 6.45. The van der Waals surface area contributed by atoms with Gasteiger partial charge in [-0.1, -0.05) is 116 Å². The number of hydrogen-bond acceptors (Lipinski definition) is 3. The molecule has 0 aliphatic carbocycles. The Balaban J connectivity index is 2.05. The normalized spacial score (nSPS) is 11.5. The van der Waals surface area contributed by atoms with Crippen LogP contribution in [0.2, 0.25) is 0 Å². The molecular weight excluding hydrogens is 471 g/mol. The van der Waals surface area contributed by atoms with Crippen LogP contribution in [-0.2, 0) is 14.4 Å². The van der Waals surface area contributed by atoms with Crippen molar-refractivity contribution >= 4 is 33.2 Å². The largest absolute Gasteiger partial charge is 0.308 e. The van der Waals surface area contributed by atoms with Gasteiger partial charge in [0.05, 0.1) is 16.0 Å². The predicted molar refractivity (Wildman–Crippen MR) is 145 cm³/mol. The van der Waals surface area contributed by atoms with Crippen molar-refractivity contribution in [3.05, 3.63) is 138 Å². The molecule has 0 fully saturated rings. The molecule has 0 bridgehead atoms. The lowest BCUT2D eigenvalue weighted by molar-refractivity contribution is 0.587. The highest BCUT2D eigenvalue weighted by Crippen LogP contribution is 2.52. The Bertz CT molecular complexity index is 1450. The van der Waals surface area contributed by atoms with Crippen molar-refractivity contribution in [2.75, 3.05) is 5.75 Å². The third-order valence-electron chi connectivity index (χ3n) is 5.82. The lowest BCUT2D eigenvalue weighted by Gasteiger charge is -2.22. The number of sulfone groups is 1. The zero-order chi connectivity index (χ0) is 24.7. The van der Waals surface area contributed by atoms with Crippen LogP contribution in [0, 0.1) is 0 Å². The van der Waals surface area contributed by atoms with Crippen LogP contribution in [-0.4, -0.2) is 14.2 Å². The molecule has 5 heteroatoms. The molecule has 0 amide bonds. The molecule has 0 atom stereocenters. The molecule has 4 aromatic carbocycles. The van der Waals surface area contributed by atoms with E-state index in [0.717, 1.165) is 11.1 Å². The first-order valence-electron chi connectivity index (χ1n) is 11.5. The first-order valence-corrected chi connectivity index (χ1v) is 14.8. The van der Waals surface area contributed by atoms with Crippen molar-refractivity contribution in [2.24, 2.45) is 0 Å². The van der Waals surface area contributed by atoms with E-state index >= 15 is 4.57 Å². The average molecular weight is 499 g/mol. The van der Waals surface area contributed by atoms with Crippen LogP contribution in [0.25, 0.3) is 5.57 Å². The van der Waals surface area contributed by atoms with E-state index < -0.39 is 22.7 Å². The Labute approximate surface area is 207 Å². The van der Waals surface area contributed by atoms with E-state index in [9.17, 15) is 8.42 Å². The van der Waals surface area contributed by atoms with Gasteiger partial charge in [-0.2, -0.15) is 0 Å². The topological polar surface area (TPSA) is 51.2 Å². The number of rotatable bonds is 8. The summed E-state index contributed by atoms with van der Waals surface area (Å²) in [6, 6.07) is 36.3. The highest BCUT2D eigenvalue weighted by Gasteiger charge is 2.35. The molecule has 0 aromatic heterocycles. The highest BCUT2D eigenvalue weighted by molar-refractivity contribution is 7.93. The second-order valence-corrected chi connectivity index (χ2v) is 12.9. The third kappa shape index (κ3) is 5.47. The first-order chi connectivity index (χ1) is 16.9. The second-order valence-electron chi connectivity index (χ2n) is 8.12. The van der Waals surface area contributed by atoms with Crippen molar-refractivity contribution in [1.82, 2.24) is 0 Å². The minimum atomic E-state index is -3.78. The van der Waals surface area contributed by atoms with Crippen LogP contribution in [0.3, 0.4) is 0 Å². The average Bonchev–Trinajstić information content (AvgIpc) is 2.92. The van der Waals surface area contributed by atoms with Gasteiger partial charge in [-0.25, -0.2) is 8.42 Å². The van der Waals surface area contributed by atoms with Gasteiger partial charge < -0.3 is 4.57 Å². The maximum Gasteiger partial charge on any atom is 0.183 e. The minimum Gasteiger partial charge on any atom is -0.308 e. The zero-order valence-corrected chi connectivity index (χ0v) is 21.3. The van der Waals surface area contributed by atoms with Gasteiger partial charge in [0.15, 0.2) is 17.0 Å². The summed E-state index contributed by atoms with van der Waals surface area (Å²) in [6.07, 6.45) is 0.614. The number of benzene rings is 4. The molecule has 0 aliphatic rings. The Hall–Kier alpha value is -3.42. The fraction of sp³-hybridized carbons (Fsp3) is 0.100. The highest BCUT2D eigenvalue weighted by atomic mass is 32.2. The SMILES string of the molecule is CCC(=C=C(CS(=O)(=O)c1ccccc1)P(=O)(c1ccccc1)c1ccccc1)c1ccccc1. The van der Waals surface area contributed by atoms with Crippen LogP contribution in [0.5, 0.6) is 0 Å². The maximum atomic E-state index is 15.1. The third-order valence-corrected chi connectivity index (χ3v) is 10.8. The fourth-order valence-corrected chi connectivity index (χ4v) is 8.82. The van der Waals surface area contributed by atoms with Crippen LogP contribution in [0.15, 0.2) is 137 Å². The maximum absolute atomic E-state index is 15.1. The van der Waals surface area contributed by atoms with Crippen LogP contribution < -0.4 is 10.6 Å². The summed E-state index contributed by atoms with van der Waals surface area (Å²) < 4.78 is 42.3. The molecule has 0 unspecified atom stereocenters. The quantitative estimate of drug-likeness (QED) is 0.207. The van der Waals surface area contributed by atoms with Gasteiger partial charge in [0.1, 0.15) is 0 Å². The van der Waals surface area contributed by atoms with Gasteiger partial charge in [-0.3, -0.25) is 0 Å². The monoisotopic (exact) mass is 498 g/mol. The van der Waals surface area contributed by atoms with Crippen molar-refractivity contribution in [2.45, 2.75) is 18.2 Å². The van der Waals surface area contributed by atoms with E-state index in [-0.39, 0.29) is 10.2 Å². The summed E-state index contributed by atoms with van der Waals surface area (Å²) in [6.45, 7) is 1.99. The molecule has 0 spiro atoms. The van der Waals surface area contributed by atoms with Crippen molar-refractivity contribution in [3.63, 3.8) is 0 Å². The molecule has 4 rings (SSSR count). The summed E-state index contributed by atoms with van der Waals surface area (Å²) in [5.41, 5.74) is 5.12. The van der Waals surface area contributed by atoms with E-state index in [1.54, 1.807) is 54.6 Å². The van der Waals surface area contributed by atoms with E-state index in [1.807, 2.05) is 73.7 Å². The standard InChI is InChI=1S/C30H27O3PS/c1-2-25(26-15-7-3-8-16-26)23-29(24-35(32,33)30-21-13-6-14-22-30)34(31,27-17-9-4-10-18-27)28-19-11-5-12-20-28/h3-22H,2,24H2,1H3. The molecule has 35 heavy (non-hydrogen) atoms. The molecule has 176 valence electrons. The molecular formula is C30H27O3PS. The van der Waals surface area contributed by atoms with Gasteiger partial charge in [0.2, 0.25) is 0 Å². The molecule has 0 N–H and O–H groups in total. The molecule has 0 heterocycles. The van der Waals surface area contributed by atoms with Gasteiger partial charge >= 0.3 is 0 Å². The Morgan fingerprint density at radius 1 is 0.686 bits per heavy atom. The lowest BCUT2D eigenvalue weighted by atomic mass is 10.0. The summed E-state index contributed by atoms with van der Waals surface area (Å²) >= 11 is 0. The van der Waals surface area contributed by atoms with Gasteiger partial charge in [-0.15, -0.1) is 5.73 Å². The summed E-state index contributed by atoms with van der Waals surface area (Å²) in [5.74, 6) is -0.394. The Kier molecular flexibility index (Phi) is 7.68. The molecule has 0 saturated carbocycles. The smallest absolute Gasteiger partial charge is 0.183 e. The summed E-state index contributed by atoms with van der Waals surface area (Å²) in [4.78, 5) is 0.199. The first kappa shape index (κ1) is 24.7. The second kappa shape index (κ2) is 10.9. The van der Waals surface area contributed by atoms with Gasteiger partial charge in [-0.05, 0) is 24.1 Å². The molecule has 3 nitrogen and oxygen atoms in total. The van der Waals surface area contributed by atoms with Crippen molar-refractivity contribution in [1.29, 1.82) is 0 Å². The summed E-state index contributed by atoms with van der Waals surface area (Å²) in [7, 11) is -7.31.